The quantitative estimate of drug-likeness (QED) is 0.806. The molecule has 0 atom stereocenters. The predicted octanol–water partition coefficient (Wildman–Crippen LogP) is 4.92. The molecule has 0 aliphatic carbocycles. The van der Waals surface area contributed by atoms with Gasteiger partial charge in [0.1, 0.15) is 5.75 Å². The Morgan fingerprint density at radius 2 is 1.74 bits per heavy atom. The summed E-state index contributed by atoms with van der Waals surface area (Å²) in [4.78, 5) is 0. The zero-order valence-electron chi connectivity index (χ0n) is 12.2. The Hall–Kier alpha value is -1.76. The molecule has 1 nitrogen and oxygen atoms in total. The molecule has 19 heavy (non-hydrogen) atoms. The number of rotatable bonds is 2. The minimum atomic E-state index is 0.0568. The topological polar surface area (TPSA) is 20.2 Å². The van der Waals surface area contributed by atoms with E-state index in [9.17, 15) is 5.11 Å². The smallest absolute Gasteiger partial charge is 0.123 e. The average molecular weight is 254 g/mol. The van der Waals surface area contributed by atoms with Crippen LogP contribution in [0.1, 0.15) is 38.8 Å². The number of phenols is 1. The first-order valence-corrected chi connectivity index (χ1v) is 6.84. The van der Waals surface area contributed by atoms with Crippen molar-refractivity contribution in [3.8, 4) is 16.9 Å². The molecule has 0 bridgehead atoms. The lowest BCUT2D eigenvalue weighted by Crippen LogP contribution is -2.10. The van der Waals surface area contributed by atoms with E-state index in [-0.39, 0.29) is 5.41 Å². The normalized spacial score (nSPS) is 11.6. The fourth-order valence-corrected chi connectivity index (χ4v) is 2.20. The van der Waals surface area contributed by atoms with Crippen LogP contribution in [0.15, 0.2) is 42.5 Å². The summed E-state index contributed by atoms with van der Waals surface area (Å²) < 4.78 is 0. The molecular formula is C18H22O. The molecule has 0 aliphatic rings. The molecule has 2 aromatic rings. The third-order valence-corrected chi connectivity index (χ3v) is 3.51. The standard InChI is InChI=1S/C18H22O/c1-5-13-7-6-8-14(11-13)16-10-9-15(12-17(16)19)18(2,3)4/h6-12,19H,5H2,1-4H3. The summed E-state index contributed by atoms with van der Waals surface area (Å²) in [6.07, 6.45) is 1.01. The summed E-state index contributed by atoms with van der Waals surface area (Å²) in [6, 6.07) is 14.4. The van der Waals surface area contributed by atoms with Gasteiger partial charge in [-0.05, 0) is 34.6 Å². The highest BCUT2D eigenvalue weighted by atomic mass is 16.3. The summed E-state index contributed by atoms with van der Waals surface area (Å²) >= 11 is 0. The van der Waals surface area contributed by atoms with E-state index in [2.05, 4.69) is 45.9 Å². The van der Waals surface area contributed by atoms with Crippen LogP contribution in [0, 0.1) is 0 Å². The van der Waals surface area contributed by atoms with Gasteiger partial charge in [0.25, 0.3) is 0 Å². The van der Waals surface area contributed by atoms with Crippen molar-refractivity contribution in [3.63, 3.8) is 0 Å². The third-order valence-electron chi connectivity index (χ3n) is 3.51. The van der Waals surface area contributed by atoms with Gasteiger partial charge >= 0.3 is 0 Å². The summed E-state index contributed by atoms with van der Waals surface area (Å²) in [5.74, 6) is 0.362. The van der Waals surface area contributed by atoms with Gasteiger partial charge in [0, 0.05) is 5.56 Å². The summed E-state index contributed by atoms with van der Waals surface area (Å²) in [5, 5.41) is 10.3. The Morgan fingerprint density at radius 1 is 1.00 bits per heavy atom. The van der Waals surface area contributed by atoms with E-state index in [1.807, 2.05) is 24.3 Å². The first kappa shape index (κ1) is 13.7. The molecule has 0 aromatic heterocycles. The second-order valence-electron chi connectivity index (χ2n) is 6.04. The zero-order chi connectivity index (χ0) is 14.0. The first-order chi connectivity index (χ1) is 8.91. The second-order valence-corrected chi connectivity index (χ2v) is 6.04. The van der Waals surface area contributed by atoms with Crippen molar-refractivity contribution in [3.05, 3.63) is 53.6 Å². The maximum atomic E-state index is 10.3. The van der Waals surface area contributed by atoms with Gasteiger partial charge in [-0.2, -0.15) is 0 Å². The Bertz CT molecular complexity index is 576. The number of aromatic hydroxyl groups is 1. The number of aryl methyl sites for hydroxylation is 1. The van der Waals surface area contributed by atoms with Crippen LogP contribution in [0.25, 0.3) is 11.1 Å². The molecule has 0 radical (unpaired) electrons. The fraction of sp³-hybridized carbons (Fsp3) is 0.333. The van der Waals surface area contributed by atoms with Crippen LogP contribution in [-0.2, 0) is 11.8 Å². The minimum absolute atomic E-state index is 0.0568. The molecule has 2 aromatic carbocycles. The van der Waals surface area contributed by atoms with Crippen molar-refractivity contribution in [2.24, 2.45) is 0 Å². The number of phenolic OH excluding ortho intramolecular Hbond substituents is 1. The number of hydrogen-bond acceptors (Lipinski definition) is 1. The third kappa shape index (κ3) is 2.98. The van der Waals surface area contributed by atoms with Crippen molar-refractivity contribution in [1.82, 2.24) is 0 Å². The molecule has 1 heteroatoms. The molecule has 0 saturated carbocycles. The molecule has 0 unspecified atom stereocenters. The highest BCUT2D eigenvalue weighted by Gasteiger charge is 2.15. The lowest BCUT2D eigenvalue weighted by Gasteiger charge is -2.20. The Labute approximate surface area is 115 Å². The fourth-order valence-electron chi connectivity index (χ4n) is 2.20. The average Bonchev–Trinajstić information content (AvgIpc) is 2.37. The van der Waals surface area contributed by atoms with Gasteiger partial charge in [0.05, 0.1) is 0 Å². The van der Waals surface area contributed by atoms with Gasteiger partial charge in [-0.25, -0.2) is 0 Å². The lowest BCUT2D eigenvalue weighted by atomic mass is 9.86. The van der Waals surface area contributed by atoms with E-state index in [0.29, 0.717) is 5.75 Å². The van der Waals surface area contributed by atoms with Crippen LogP contribution in [0.3, 0.4) is 0 Å². The van der Waals surface area contributed by atoms with Crippen LogP contribution >= 0.6 is 0 Å². The van der Waals surface area contributed by atoms with Gasteiger partial charge in [-0.15, -0.1) is 0 Å². The Balaban J connectivity index is 2.46. The maximum Gasteiger partial charge on any atom is 0.123 e. The van der Waals surface area contributed by atoms with Crippen LogP contribution < -0.4 is 0 Å². The number of benzene rings is 2. The van der Waals surface area contributed by atoms with Crippen LogP contribution in [0.2, 0.25) is 0 Å². The predicted molar refractivity (Wildman–Crippen MR) is 81.6 cm³/mol. The molecule has 0 aliphatic heterocycles. The van der Waals surface area contributed by atoms with E-state index in [4.69, 9.17) is 0 Å². The molecule has 0 spiro atoms. The van der Waals surface area contributed by atoms with Gasteiger partial charge in [0.15, 0.2) is 0 Å². The monoisotopic (exact) mass is 254 g/mol. The van der Waals surface area contributed by atoms with Crippen molar-refractivity contribution < 1.29 is 5.11 Å². The number of hydrogen-bond donors (Lipinski definition) is 1. The molecule has 100 valence electrons. The maximum absolute atomic E-state index is 10.3. The van der Waals surface area contributed by atoms with Crippen molar-refractivity contribution in [2.75, 3.05) is 0 Å². The van der Waals surface area contributed by atoms with E-state index in [1.54, 1.807) is 0 Å². The second kappa shape index (κ2) is 5.08. The van der Waals surface area contributed by atoms with Gasteiger partial charge in [0.2, 0.25) is 0 Å². The van der Waals surface area contributed by atoms with Crippen LogP contribution in [-0.4, -0.2) is 5.11 Å². The van der Waals surface area contributed by atoms with Crippen LogP contribution in [0.4, 0.5) is 0 Å². The van der Waals surface area contributed by atoms with E-state index < -0.39 is 0 Å². The highest BCUT2D eigenvalue weighted by molar-refractivity contribution is 5.71. The van der Waals surface area contributed by atoms with Crippen molar-refractivity contribution in [1.29, 1.82) is 0 Å². The largest absolute Gasteiger partial charge is 0.507 e. The molecule has 0 fully saturated rings. The molecular weight excluding hydrogens is 232 g/mol. The van der Waals surface area contributed by atoms with E-state index in [1.165, 1.54) is 5.56 Å². The zero-order valence-corrected chi connectivity index (χ0v) is 12.2. The summed E-state index contributed by atoms with van der Waals surface area (Å²) in [6.45, 7) is 8.60. The van der Waals surface area contributed by atoms with Crippen molar-refractivity contribution >= 4 is 0 Å². The minimum Gasteiger partial charge on any atom is -0.507 e. The summed E-state index contributed by atoms with van der Waals surface area (Å²) in [5.41, 5.74) is 4.49. The Kier molecular flexibility index (Phi) is 3.66. The molecule has 2 rings (SSSR count). The lowest BCUT2D eigenvalue weighted by molar-refractivity contribution is 0.473. The van der Waals surface area contributed by atoms with Crippen molar-refractivity contribution in [2.45, 2.75) is 39.5 Å². The SMILES string of the molecule is CCc1cccc(-c2ccc(C(C)(C)C)cc2O)c1. The van der Waals surface area contributed by atoms with Gasteiger partial charge < -0.3 is 5.11 Å². The van der Waals surface area contributed by atoms with E-state index >= 15 is 0 Å². The summed E-state index contributed by atoms with van der Waals surface area (Å²) in [7, 11) is 0. The Morgan fingerprint density at radius 3 is 2.32 bits per heavy atom. The first-order valence-electron chi connectivity index (χ1n) is 6.84. The van der Waals surface area contributed by atoms with Gasteiger partial charge in [-0.3, -0.25) is 0 Å². The van der Waals surface area contributed by atoms with Gasteiger partial charge in [-0.1, -0.05) is 64.1 Å². The highest BCUT2D eigenvalue weighted by Crippen LogP contribution is 2.34. The van der Waals surface area contributed by atoms with E-state index in [0.717, 1.165) is 23.1 Å². The molecule has 0 heterocycles. The molecule has 0 amide bonds. The molecule has 1 N–H and O–H groups in total. The molecule has 0 saturated heterocycles. The van der Waals surface area contributed by atoms with Crippen LogP contribution in [0.5, 0.6) is 5.75 Å².